The first-order valence-corrected chi connectivity index (χ1v) is 12.0. The Kier molecular flexibility index (Phi) is 4.89. The lowest BCUT2D eigenvalue weighted by atomic mass is 9.68. The van der Waals surface area contributed by atoms with Crippen molar-refractivity contribution in [1.82, 2.24) is 14.9 Å². The van der Waals surface area contributed by atoms with Crippen LogP contribution in [0.25, 0.3) is 22.0 Å². The number of fused-ring (bicyclic) bond motifs is 4. The number of aromatic nitrogens is 2. The van der Waals surface area contributed by atoms with Crippen LogP contribution in [0.5, 0.6) is 0 Å². The van der Waals surface area contributed by atoms with Gasteiger partial charge < -0.3 is 9.72 Å². The number of nitrogens with one attached hydrogen (secondary N) is 1. The molecular weight excluding hydrogens is 406 g/mol. The van der Waals surface area contributed by atoms with E-state index in [4.69, 9.17) is 4.74 Å². The minimum atomic E-state index is -0.213. The highest BCUT2D eigenvalue weighted by Gasteiger charge is 2.49. The van der Waals surface area contributed by atoms with Crippen molar-refractivity contribution < 1.29 is 4.74 Å². The predicted octanol–water partition coefficient (Wildman–Crippen LogP) is 6.03. The Hall–Kier alpha value is -2.95. The standard InChI is InChI=1S/C29H31N3O/c1-32(2)28(23-8-4-3-5-9-23)13-15-29(16-14-28)27-24(12-18-33-29)25-19-21(10-11-26(25)31-27)22-7-6-17-30-20-22/h3-11,17,19-20,31H,12-16,18H2,1-2H3. The van der Waals surface area contributed by atoms with Crippen molar-refractivity contribution in [2.24, 2.45) is 0 Å². The molecule has 1 fully saturated rings. The molecule has 33 heavy (non-hydrogen) atoms. The Balaban J connectivity index is 1.38. The number of hydrogen-bond donors (Lipinski definition) is 1. The zero-order valence-electron chi connectivity index (χ0n) is 19.5. The number of aromatic amines is 1. The molecule has 1 spiro atoms. The Morgan fingerprint density at radius 1 is 0.909 bits per heavy atom. The molecule has 2 aromatic carbocycles. The Bertz CT molecular complexity index is 1270. The quantitative estimate of drug-likeness (QED) is 0.425. The van der Waals surface area contributed by atoms with Crippen LogP contribution in [0.15, 0.2) is 73.1 Å². The summed E-state index contributed by atoms with van der Waals surface area (Å²) in [7, 11) is 4.45. The van der Waals surface area contributed by atoms with Crippen LogP contribution in [0.4, 0.5) is 0 Å². The fourth-order valence-electron chi connectivity index (χ4n) is 6.23. The van der Waals surface area contributed by atoms with E-state index in [1.165, 1.54) is 33.3 Å². The molecule has 0 unspecified atom stereocenters. The SMILES string of the molecule is CN(C)C1(c2ccccc2)CCC2(CC1)OCCc1c2[nH]c2ccc(-c3cccnc3)cc12. The maximum Gasteiger partial charge on any atom is 0.108 e. The van der Waals surface area contributed by atoms with Crippen LogP contribution in [0, 0.1) is 0 Å². The van der Waals surface area contributed by atoms with E-state index in [-0.39, 0.29) is 11.1 Å². The van der Waals surface area contributed by atoms with Crippen LogP contribution in [0.2, 0.25) is 0 Å². The number of benzene rings is 2. The molecule has 6 rings (SSSR count). The maximum atomic E-state index is 6.63. The van der Waals surface area contributed by atoms with Gasteiger partial charge in [0, 0.05) is 34.4 Å². The highest BCUT2D eigenvalue weighted by molar-refractivity contribution is 5.89. The molecule has 4 heteroatoms. The molecule has 2 aromatic heterocycles. The minimum Gasteiger partial charge on any atom is -0.368 e. The van der Waals surface area contributed by atoms with Crippen LogP contribution in [0.3, 0.4) is 0 Å². The smallest absolute Gasteiger partial charge is 0.108 e. The fourth-order valence-corrected chi connectivity index (χ4v) is 6.23. The Morgan fingerprint density at radius 2 is 1.73 bits per heavy atom. The summed E-state index contributed by atoms with van der Waals surface area (Å²) in [5, 5.41) is 1.33. The van der Waals surface area contributed by atoms with Gasteiger partial charge in [-0.15, -0.1) is 0 Å². The molecule has 0 amide bonds. The second kappa shape index (κ2) is 7.82. The lowest BCUT2D eigenvalue weighted by molar-refractivity contribution is -0.113. The third kappa shape index (κ3) is 3.24. The second-order valence-corrected chi connectivity index (χ2v) is 9.87. The summed E-state index contributed by atoms with van der Waals surface area (Å²) in [5.41, 5.74) is 7.61. The van der Waals surface area contributed by atoms with Crippen LogP contribution in [0.1, 0.15) is 42.5 Å². The molecule has 1 aliphatic carbocycles. The molecular formula is C29H31N3O. The van der Waals surface area contributed by atoms with Gasteiger partial charge in [0.05, 0.1) is 12.3 Å². The molecule has 0 saturated heterocycles. The average Bonchev–Trinajstić information content (AvgIpc) is 3.25. The van der Waals surface area contributed by atoms with E-state index in [0.29, 0.717) is 0 Å². The fraction of sp³-hybridized carbons (Fsp3) is 0.345. The number of nitrogens with zero attached hydrogens (tertiary/aromatic N) is 2. The second-order valence-electron chi connectivity index (χ2n) is 9.87. The third-order valence-corrected chi connectivity index (χ3v) is 8.14. The van der Waals surface area contributed by atoms with Gasteiger partial charge in [0.1, 0.15) is 5.60 Å². The molecule has 1 saturated carbocycles. The van der Waals surface area contributed by atoms with Crippen LogP contribution in [-0.2, 0) is 22.3 Å². The lowest BCUT2D eigenvalue weighted by Gasteiger charge is -2.50. The van der Waals surface area contributed by atoms with E-state index in [1.54, 1.807) is 0 Å². The minimum absolute atomic E-state index is 0.0625. The predicted molar refractivity (Wildman–Crippen MR) is 133 cm³/mol. The van der Waals surface area contributed by atoms with E-state index in [9.17, 15) is 0 Å². The molecule has 4 nitrogen and oxygen atoms in total. The van der Waals surface area contributed by atoms with Gasteiger partial charge in [-0.25, -0.2) is 0 Å². The number of hydrogen-bond acceptors (Lipinski definition) is 3. The summed E-state index contributed by atoms with van der Waals surface area (Å²) in [6.45, 7) is 0.789. The van der Waals surface area contributed by atoms with Gasteiger partial charge in [0.25, 0.3) is 0 Å². The molecule has 4 aromatic rings. The summed E-state index contributed by atoms with van der Waals surface area (Å²) < 4.78 is 6.63. The summed E-state index contributed by atoms with van der Waals surface area (Å²) >= 11 is 0. The zero-order chi connectivity index (χ0) is 22.5. The first-order chi connectivity index (χ1) is 16.1. The average molecular weight is 438 g/mol. The summed E-state index contributed by atoms with van der Waals surface area (Å²) in [6.07, 6.45) is 8.94. The van der Waals surface area contributed by atoms with Gasteiger partial charge in [-0.05, 0) is 81.1 Å². The number of rotatable bonds is 3. The molecule has 0 radical (unpaired) electrons. The third-order valence-electron chi connectivity index (χ3n) is 8.14. The van der Waals surface area contributed by atoms with Crippen molar-refractivity contribution in [3.8, 4) is 11.1 Å². The number of H-pyrrole nitrogens is 1. The van der Waals surface area contributed by atoms with Crippen molar-refractivity contribution in [2.75, 3.05) is 20.7 Å². The van der Waals surface area contributed by atoms with E-state index >= 15 is 0 Å². The number of pyridine rings is 1. The summed E-state index contributed by atoms with van der Waals surface area (Å²) in [6, 6.07) is 21.9. The zero-order valence-corrected chi connectivity index (χ0v) is 19.5. The van der Waals surface area contributed by atoms with Gasteiger partial charge in [-0.2, -0.15) is 0 Å². The van der Waals surface area contributed by atoms with Gasteiger partial charge in [0.15, 0.2) is 0 Å². The molecule has 2 aliphatic rings. The van der Waals surface area contributed by atoms with Crippen molar-refractivity contribution in [3.05, 3.63) is 89.9 Å². The van der Waals surface area contributed by atoms with E-state index < -0.39 is 0 Å². The summed E-state index contributed by atoms with van der Waals surface area (Å²) in [4.78, 5) is 10.5. The maximum absolute atomic E-state index is 6.63. The molecule has 168 valence electrons. The van der Waals surface area contributed by atoms with Crippen LogP contribution >= 0.6 is 0 Å². The van der Waals surface area contributed by atoms with Crippen molar-refractivity contribution in [1.29, 1.82) is 0 Å². The molecule has 1 N–H and O–H groups in total. The van der Waals surface area contributed by atoms with Crippen LogP contribution in [-0.4, -0.2) is 35.6 Å². The Morgan fingerprint density at radius 3 is 2.45 bits per heavy atom. The van der Waals surface area contributed by atoms with Gasteiger partial charge in [-0.3, -0.25) is 9.88 Å². The highest BCUT2D eigenvalue weighted by atomic mass is 16.5. The monoisotopic (exact) mass is 437 g/mol. The molecule has 1 aliphatic heterocycles. The van der Waals surface area contributed by atoms with Gasteiger partial charge in [-0.1, -0.05) is 42.5 Å². The van der Waals surface area contributed by atoms with E-state index in [0.717, 1.165) is 44.3 Å². The largest absolute Gasteiger partial charge is 0.368 e. The highest BCUT2D eigenvalue weighted by Crippen LogP contribution is 2.52. The first kappa shape index (κ1) is 20.6. The molecule has 0 atom stereocenters. The Labute approximate surface area is 195 Å². The molecule has 0 bridgehead atoms. The van der Waals surface area contributed by atoms with E-state index in [1.807, 2.05) is 18.5 Å². The first-order valence-electron chi connectivity index (χ1n) is 12.0. The van der Waals surface area contributed by atoms with Crippen LogP contribution < -0.4 is 0 Å². The normalized spacial score (nSPS) is 24.9. The lowest BCUT2D eigenvalue weighted by Crippen LogP contribution is -2.50. The number of ether oxygens (including phenoxy) is 1. The summed E-state index contributed by atoms with van der Waals surface area (Å²) in [5.74, 6) is 0. The van der Waals surface area contributed by atoms with Gasteiger partial charge >= 0.3 is 0 Å². The topological polar surface area (TPSA) is 41.1 Å². The van der Waals surface area contributed by atoms with Crippen molar-refractivity contribution in [3.63, 3.8) is 0 Å². The van der Waals surface area contributed by atoms with Crippen molar-refractivity contribution >= 4 is 10.9 Å². The van der Waals surface area contributed by atoms with Crippen molar-refractivity contribution in [2.45, 2.75) is 43.2 Å². The van der Waals surface area contributed by atoms with E-state index in [2.05, 4.69) is 83.6 Å². The molecule has 3 heterocycles. The van der Waals surface area contributed by atoms with Gasteiger partial charge in [0.2, 0.25) is 0 Å².